The predicted octanol–water partition coefficient (Wildman–Crippen LogP) is 2.22. The van der Waals surface area contributed by atoms with Gasteiger partial charge in [-0.1, -0.05) is 6.92 Å². The van der Waals surface area contributed by atoms with Crippen molar-refractivity contribution < 1.29 is 4.79 Å². The molecule has 2 rings (SSSR count). The molecule has 0 saturated heterocycles. The molecule has 0 fully saturated rings. The second kappa shape index (κ2) is 8.10. The van der Waals surface area contributed by atoms with E-state index in [0.717, 1.165) is 25.0 Å². The van der Waals surface area contributed by atoms with Crippen LogP contribution in [0.3, 0.4) is 0 Å². The maximum Gasteiger partial charge on any atom is 0.272 e. The highest BCUT2D eigenvalue weighted by molar-refractivity contribution is 7.17. The summed E-state index contributed by atoms with van der Waals surface area (Å²) in [5.41, 5.74) is 0.670. The van der Waals surface area contributed by atoms with E-state index < -0.39 is 0 Å². The zero-order valence-electron chi connectivity index (χ0n) is 14.0. The van der Waals surface area contributed by atoms with Gasteiger partial charge in [0.15, 0.2) is 0 Å². The molecule has 2 aromatic heterocycles. The van der Waals surface area contributed by atoms with Crippen molar-refractivity contribution in [3.63, 3.8) is 0 Å². The van der Waals surface area contributed by atoms with Gasteiger partial charge in [0.25, 0.3) is 5.56 Å². The van der Waals surface area contributed by atoms with Crippen molar-refractivity contribution >= 4 is 33.4 Å². The molecule has 0 aliphatic heterocycles. The molecular weight excluding hydrogens is 312 g/mol. The van der Waals surface area contributed by atoms with Crippen molar-refractivity contribution in [3.8, 4) is 0 Å². The number of anilines is 1. The maximum absolute atomic E-state index is 12.7. The number of carbonyl (C=O) groups excluding carboxylic acids is 1. The van der Waals surface area contributed by atoms with E-state index >= 15 is 0 Å². The third-order valence-corrected chi connectivity index (χ3v) is 4.62. The van der Waals surface area contributed by atoms with Crippen molar-refractivity contribution in [2.24, 2.45) is 0 Å². The third kappa shape index (κ3) is 3.90. The van der Waals surface area contributed by atoms with Gasteiger partial charge in [0.1, 0.15) is 4.70 Å². The first-order chi connectivity index (χ1) is 11.1. The summed E-state index contributed by atoms with van der Waals surface area (Å²) in [6, 6.07) is 1.87. The smallest absolute Gasteiger partial charge is 0.272 e. The fourth-order valence-corrected chi connectivity index (χ4v) is 3.23. The topological polar surface area (TPSA) is 67.2 Å². The monoisotopic (exact) mass is 336 g/mol. The molecule has 23 heavy (non-hydrogen) atoms. The number of hydrogen-bond acceptors (Lipinski definition) is 5. The minimum atomic E-state index is -0.0600. The van der Waals surface area contributed by atoms with Crippen LogP contribution in [0.1, 0.15) is 33.6 Å². The van der Waals surface area contributed by atoms with Crippen LogP contribution >= 0.6 is 11.3 Å². The van der Waals surface area contributed by atoms with Gasteiger partial charge in [-0.05, 0) is 31.7 Å². The average molecular weight is 336 g/mol. The molecule has 0 unspecified atom stereocenters. The standard InChI is InChI=1S/C16H24N4O2S/c1-4-9-17-13(21)7-10-20-15(22)14-12(8-11-23-14)18-16(20)19(5-2)6-3/h8,11H,4-7,9-10H2,1-3H3,(H,17,21). The van der Waals surface area contributed by atoms with E-state index in [1.807, 2.05) is 37.1 Å². The normalized spacial score (nSPS) is 10.9. The SMILES string of the molecule is CCCNC(=O)CCn1c(N(CC)CC)nc2ccsc2c1=O. The summed E-state index contributed by atoms with van der Waals surface area (Å²) in [5.74, 6) is 0.615. The number of amides is 1. The summed E-state index contributed by atoms with van der Waals surface area (Å²) in [4.78, 5) is 31.3. The van der Waals surface area contributed by atoms with Crippen molar-refractivity contribution in [2.75, 3.05) is 24.5 Å². The molecule has 0 aliphatic rings. The quantitative estimate of drug-likeness (QED) is 0.803. The molecule has 126 valence electrons. The molecular formula is C16H24N4O2S. The summed E-state index contributed by atoms with van der Waals surface area (Å²) in [7, 11) is 0. The number of nitrogens with zero attached hydrogens (tertiary/aromatic N) is 3. The highest BCUT2D eigenvalue weighted by Gasteiger charge is 2.16. The van der Waals surface area contributed by atoms with Gasteiger partial charge in [-0.3, -0.25) is 14.2 Å². The minimum absolute atomic E-state index is 0.0319. The van der Waals surface area contributed by atoms with E-state index in [-0.39, 0.29) is 17.9 Å². The number of rotatable bonds is 8. The van der Waals surface area contributed by atoms with Crippen LogP contribution in [0.2, 0.25) is 0 Å². The minimum Gasteiger partial charge on any atom is -0.356 e. The van der Waals surface area contributed by atoms with Crippen LogP contribution in [0.15, 0.2) is 16.2 Å². The van der Waals surface area contributed by atoms with Gasteiger partial charge in [-0.15, -0.1) is 11.3 Å². The van der Waals surface area contributed by atoms with Crippen LogP contribution in [0.5, 0.6) is 0 Å². The second-order valence-electron chi connectivity index (χ2n) is 5.28. The zero-order chi connectivity index (χ0) is 16.8. The van der Waals surface area contributed by atoms with Gasteiger partial charge >= 0.3 is 0 Å². The Morgan fingerprint density at radius 2 is 2.09 bits per heavy atom. The lowest BCUT2D eigenvalue weighted by Crippen LogP contribution is -2.34. The van der Waals surface area contributed by atoms with Gasteiger partial charge in [-0.25, -0.2) is 4.98 Å². The first-order valence-electron chi connectivity index (χ1n) is 8.12. The molecule has 0 aliphatic carbocycles. The predicted molar refractivity (Wildman–Crippen MR) is 95.4 cm³/mol. The molecule has 0 bridgehead atoms. The number of hydrogen-bond donors (Lipinski definition) is 1. The summed E-state index contributed by atoms with van der Waals surface area (Å²) in [6.45, 7) is 8.62. The van der Waals surface area contributed by atoms with Crippen LogP contribution in [0, 0.1) is 0 Å². The Bertz CT molecular complexity index is 718. The summed E-state index contributed by atoms with van der Waals surface area (Å²) in [6.07, 6.45) is 1.19. The summed E-state index contributed by atoms with van der Waals surface area (Å²) >= 11 is 1.40. The molecule has 1 amide bonds. The Morgan fingerprint density at radius 1 is 1.35 bits per heavy atom. The van der Waals surface area contributed by atoms with Crippen molar-refractivity contribution in [2.45, 2.75) is 40.2 Å². The van der Waals surface area contributed by atoms with E-state index in [1.165, 1.54) is 11.3 Å². The highest BCUT2D eigenvalue weighted by atomic mass is 32.1. The Morgan fingerprint density at radius 3 is 2.74 bits per heavy atom. The molecule has 6 nitrogen and oxygen atoms in total. The van der Waals surface area contributed by atoms with Gasteiger partial charge in [0, 0.05) is 32.6 Å². The molecule has 0 aromatic carbocycles. The Kier molecular flexibility index (Phi) is 6.15. The van der Waals surface area contributed by atoms with Crippen LogP contribution in [0.4, 0.5) is 5.95 Å². The van der Waals surface area contributed by atoms with Crippen LogP contribution in [-0.2, 0) is 11.3 Å². The Labute approximate surface area is 140 Å². The third-order valence-electron chi connectivity index (χ3n) is 3.73. The largest absolute Gasteiger partial charge is 0.356 e. The summed E-state index contributed by atoms with van der Waals surface area (Å²) in [5, 5.41) is 4.72. The Balaban J connectivity index is 2.35. The first-order valence-corrected chi connectivity index (χ1v) is 8.99. The van der Waals surface area contributed by atoms with Crippen LogP contribution < -0.4 is 15.8 Å². The lowest BCUT2D eigenvalue weighted by atomic mass is 10.3. The molecule has 1 N–H and O–H groups in total. The fraction of sp³-hybridized carbons (Fsp3) is 0.562. The average Bonchev–Trinajstić information content (AvgIpc) is 3.02. The van der Waals surface area contributed by atoms with Crippen molar-refractivity contribution in [1.82, 2.24) is 14.9 Å². The lowest BCUT2D eigenvalue weighted by Gasteiger charge is -2.23. The number of carbonyl (C=O) groups is 1. The number of fused-ring (bicyclic) bond motifs is 1. The van der Waals surface area contributed by atoms with E-state index in [1.54, 1.807) is 4.57 Å². The first kappa shape index (κ1) is 17.5. The maximum atomic E-state index is 12.7. The number of thiophene rings is 1. The van der Waals surface area contributed by atoms with E-state index in [2.05, 4.69) is 10.3 Å². The molecule has 0 radical (unpaired) electrons. The molecule has 2 heterocycles. The summed E-state index contributed by atoms with van der Waals surface area (Å²) < 4.78 is 2.28. The number of nitrogens with one attached hydrogen (secondary N) is 1. The fourth-order valence-electron chi connectivity index (χ4n) is 2.45. The van der Waals surface area contributed by atoms with Gasteiger partial charge in [-0.2, -0.15) is 0 Å². The van der Waals surface area contributed by atoms with E-state index in [4.69, 9.17) is 0 Å². The number of aromatic nitrogens is 2. The molecule has 0 spiro atoms. The van der Waals surface area contributed by atoms with E-state index in [0.29, 0.717) is 23.7 Å². The van der Waals surface area contributed by atoms with Gasteiger partial charge in [0.05, 0.1) is 5.52 Å². The van der Waals surface area contributed by atoms with Gasteiger partial charge in [0.2, 0.25) is 11.9 Å². The van der Waals surface area contributed by atoms with Crippen molar-refractivity contribution in [3.05, 3.63) is 21.8 Å². The molecule has 7 heteroatoms. The lowest BCUT2D eigenvalue weighted by molar-refractivity contribution is -0.121. The molecule has 2 aromatic rings. The zero-order valence-corrected chi connectivity index (χ0v) is 14.8. The van der Waals surface area contributed by atoms with Crippen LogP contribution in [-0.4, -0.2) is 35.1 Å². The van der Waals surface area contributed by atoms with Gasteiger partial charge < -0.3 is 10.2 Å². The second-order valence-corrected chi connectivity index (χ2v) is 6.19. The Hall–Kier alpha value is -1.89. The van der Waals surface area contributed by atoms with E-state index in [9.17, 15) is 9.59 Å². The molecule has 0 saturated carbocycles. The van der Waals surface area contributed by atoms with Crippen molar-refractivity contribution in [1.29, 1.82) is 0 Å². The highest BCUT2D eigenvalue weighted by Crippen LogP contribution is 2.19. The molecule has 0 atom stereocenters. The van der Waals surface area contributed by atoms with Crippen LogP contribution in [0.25, 0.3) is 10.2 Å².